The van der Waals surface area contributed by atoms with Crippen LogP contribution in [0.15, 0.2) is 28.0 Å². The summed E-state index contributed by atoms with van der Waals surface area (Å²) in [4.78, 5) is 0.275. The molecule has 0 aliphatic carbocycles. The van der Waals surface area contributed by atoms with Crippen LogP contribution in [-0.4, -0.2) is 13.0 Å². The van der Waals surface area contributed by atoms with Gasteiger partial charge in [0.2, 0.25) is 0 Å². The van der Waals surface area contributed by atoms with Crippen LogP contribution in [0.1, 0.15) is 76.7 Å². The van der Waals surface area contributed by atoms with Gasteiger partial charge in [-0.05, 0) is 31.5 Å². The lowest BCUT2D eigenvalue weighted by atomic mass is 10.0. The van der Waals surface area contributed by atoms with Crippen LogP contribution >= 0.6 is 0 Å². The van der Waals surface area contributed by atoms with Crippen molar-refractivity contribution >= 4 is 22.7 Å². The van der Waals surface area contributed by atoms with E-state index in [1.165, 1.54) is 57.4 Å². The molecule has 0 heterocycles. The Morgan fingerprint density at radius 3 is 1.96 bits per heavy atom. The number of hydrogen-bond donors (Lipinski definition) is 0. The maximum Gasteiger partial charge on any atom is 0.171 e. The largest absolute Gasteiger partial charge is 0.744 e. The molecule has 0 saturated heterocycles. The highest BCUT2D eigenvalue weighted by atomic mass is 32.2. The Balaban J connectivity index is 2.22. The Labute approximate surface area is 147 Å². The first-order valence-electron chi connectivity index (χ1n) is 8.76. The van der Waals surface area contributed by atoms with Gasteiger partial charge in [0.15, 0.2) is 4.90 Å². The molecule has 0 saturated carbocycles. The minimum atomic E-state index is -4.41. The normalized spacial score (nSPS) is 11.8. The predicted molar refractivity (Wildman–Crippen MR) is 98.4 cm³/mol. The van der Waals surface area contributed by atoms with Gasteiger partial charge in [0.05, 0.1) is 0 Å². The Morgan fingerprint density at radius 2 is 1.43 bits per heavy atom. The lowest BCUT2D eigenvalue weighted by molar-refractivity contribution is 0.460. The topological polar surface area (TPSA) is 57.2 Å². The van der Waals surface area contributed by atoms with Gasteiger partial charge < -0.3 is 4.55 Å². The summed E-state index contributed by atoms with van der Waals surface area (Å²) >= 11 is 3.32. The van der Waals surface area contributed by atoms with Crippen molar-refractivity contribution in [3.63, 3.8) is 0 Å². The van der Waals surface area contributed by atoms with Gasteiger partial charge in [-0.15, -0.1) is 0 Å². The molecule has 0 bridgehead atoms. The van der Waals surface area contributed by atoms with E-state index in [1.807, 2.05) is 6.07 Å². The van der Waals surface area contributed by atoms with Crippen molar-refractivity contribution in [2.24, 2.45) is 0 Å². The fraction of sp³-hybridized carbons (Fsp3) is 0.667. The molecule has 3 nitrogen and oxygen atoms in total. The molecule has 0 radical (unpaired) electrons. The zero-order valence-corrected chi connectivity index (χ0v) is 16.0. The van der Waals surface area contributed by atoms with Crippen molar-refractivity contribution in [2.75, 3.05) is 0 Å². The third-order valence-electron chi connectivity index (χ3n) is 4.18. The van der Waals surface area contributed by atoms with Gasteiger partial charge in [-0.3, -0.25) is 0 Å². The third kappa shape index (κ3) is 8.23. The minimum absolute atomic E-state index is 0.154. The molecule has 132 valence electrons. The van der Waals surface area contributed by atoms with E-state index in [0.717, 1.165) is 24.8 Å². The highest BCUT2D eigenvalue weighted by Gasteiger charge is 2.14. The van der Waals surface area contributed by atoms with Crippen molar-refractivity contribution in [3.05, 3.63) is 23.8 Å². The molecule has 0 aromatic heterocycles. The fourth-order valence-corrected chi connectivity index (χ4v) is 4.09. The van der Waals surface area contributed by atoms with Crippen LogP contribution in [0.5, 0.6) is 0 Å². The summed E-state index contributed by atoms with van der Waals surface area (Å²) in [6, 6.07) is 4.87. The third-order valence-corrected chi connectivity index (χ3v) is 5.83. The first kappa shape index (κ1) is 20.5. The van der Waals surface area contributed by atoms with Gasteiger partial charge in [0.1, 0.15) is 15.0 Å². The summed E-state index contributed by atoms with van der Waals surface area (Å²) < 4.78 is 33.5. The second-order valence-electron chi connectivity index (χ2n) is 6.18. The zero-order chi connectivity index (χ0) is 17.1. The van der Waals surface area contributed by atoms with Gasteiger partial charge in [-0.25, -0.2) is 8.42 Å². The Hall–Kier alpha value is -0.520. The quantitative estimate of drug-likeness (QED) is 0.316. The van der Waals surface area contributed by atoms with E-state index in [-0.39, 0.29) is 4.90 Å². The summed E-state index contributed by atoms with van der Waals surface area (Å²) in [6.07, 6.45) is 13.5. The molecule has 1 aromatic carbocycles. The molecule has 0 spiro atoms. The number of benzene rings is 1. The average Bonchev–Trinajstić information content (AvgIpc) is 2.49. The Bertz CT molecular complexity index is 553. The molecule has 0 aliphatic rings. The molecule has 0 fully saturated rings. The number of unbranched alkanes of at least 4 members (excludes halogenated alkanes) is 9. The van der Waals surface area contributed by atoms with E-state index < -0.39 is 10.1 Å². The summed E-state index contributed by atoms with van der Waals surface area (Å²) in [5.41, 5.74) is 0.901. The first-order valence-corrected chi connectivity index (χ1v) is 10.7. The number of hydrogen-bond acceptors (Lipinski definition) is 3. The fourth-order valence-electron chi connectivity index (χ4n) is 2.80. The second-order valence-corrected chi connectivity index (χ2v) is 8.02. The summed E-state index contributed by atoms with van der Waals surface area (Å²) in [5, 5.41) is 0. The summed E-state index contributed by atoms with van der Waals surface area (Å²) in [6.45, 7) is 2.24. The van der Waals surface area contributed by atoms with Crippen molar-refractivity contribution in [2.45, 2.75) is 87.3 Å². The Morgan fingerprint density at radius 1 is 0.913 bits per heavy atom. The molecule has 0 N–H and O–H groups in total. The van der Waals surface area contributed by atoms with E-state index in [9.17, 15) is 13.0 Å². The lowest BCUT2D eigenvalue weighted by Gasteiger charge is -2.09. The van der Waals surface area contributed by atoms with Crippen LogP contribution in [0.25, 0.3) is 0 Å². The maximum absolute atomic E-state index is 11.2. The second kappa shape index (κ2) is 11.1. The molecule has 23 heavy (non-hydrogen) atoms. The van der Waals surface area contributed by atoms with Crippen molar-refractivity contribution in [1.82, 2.24) is 0 Å². The van der Waals surface area contributed by atoms with Crippen molar-refractivity contribution in [1.29, 1.82) is 0 Å². The SMILES string of the molecule is CCCCCCCCCCCCc1cccc(S(=O)(=O)[O-])c1[SH2+]. The zero-order valence-electron chi connectivity index (χ0n) is 14.1. The van der Waals surface area contributed by atoms with Crippen LogP contribution in [0.4, 0.5) is 0 Å². The van der Waals surface area contributed by atoms with Crippen LogP contribution < -0.4 is 0 Å². The van der Waals surface area contributed by atoms with Crippen molar-refractivity contribution < 1.29 is 13.0 Å². The van der Waals surface area contributed by atoms with E-state index >= 15 is 0 Å². The molecule has 5 heteroatoms. The van der Waals surface area contributed by atoms with Gasteiger partial charge in [-0.2, -0.15) is 0 Å². The monoisotopic (exact) mass is 358 g/mol. The van der Waals surface area contributed by atoms with Crippen LogP contribution in [0.2, 0.25) is 0 Å². The van der Waals surface area contributed by atoms with E-state index in [0.29, 0.717) is 4.90 Å². The molecule has 1 rings (SSSR count). The van der Waals surface area contributed by atoms with Crippen LogP contribution in [0, 0.1) is 0 Å². The number of aryl methyl sites for hydroxylation is 1. The number of rotatable bonds is 12. The average molecular weight is 359 g/mol. The molecule has 0 aliphatic heterocycles. The summed E-state index contributed by atoms with van der Waals surface area (Å²) in [7, 11) is -4.41. The van der Waals surface area contributed by atoms with Gasteiger partial charge in [0, 0.05) is 5.56 Å². The summed E-state index contributed by atoms with van der Waals surface area (Å²) in [5.74, 6) is 0. The minimum Gasteiger partial charge on any atom is -0.744 e. The molecule has 0 unspecified atom stereocenters. The van der Waals surface area contributed by atoms with E-state index in [1.54, 1.807) is 6.07 Å². The molecule has 0 amide bonds. The molecular formula is C18H30O3S2. The van der Waals surface area contributed by atoms with E-state index in [2.05, 4.69) is 19.6 Å². The Kier molecular flexibility index (Phi) is 9.91. The standard InChI is InChI=1S/C18H30O3S2/c1-2-3-4-5-6-7-8-9-10-11-13-16-14-12-15-17(18(16)22)23(19,20)21/h12,14-15,22H,2-11,13H2,1H3,(H,19,20,21). The first-order chi connectivity index (χ1) is 11.0. The van der Waals surface area contributed by atoms with Gasteiger partial charge >= 0.3 is 0 Å². The molecular weight excluding hydrogens is 328 g/mol. The van der Waals surface area contributed by atoms with Gasteiger partial charge in [-0.1, -0.05) is 76.8 Å². The van der Waals surface area contributed by atoms with E-state index in [4.69, 9.17) is 0 Å². The lowest BCUT2D eigenvalue weighted by Crippen LogP contribution is -2.03. The van der Waals surface area contributed by atoms with Gasteiger partial charge in [0.25, 0.3) is 0 Å². The maximum atomic E-state index is 11.2. The molecule has 1 aromatic rings. The smallest absolute Gasteiger partial charge is 0.171 e. The predicted octanol–water partition coefficient (Wildman–Crippen LogP) is 4.42. The highest BCUT2D eigenvalue weighted by molar-refractivity contribution is 7.86. The van der Waals surface area contributed by atoms with Crippen molar-refractivity contribution in [3.8, 4) is 0 Å². The van der Waals surface area contributed by atoms with Crippen LogP contribution in [0.3, 0.4) is 0 Å². The highest BCUT2D eigenvalue weighted by Crippen LogP contribution is 2.21. The molecule has 0 atom stereocenters. The van der Waals surface area contributed by atoms with Crippen LogP contribution in [-0.2, 0) is 29.2 Å².